The number of methoxy groups -OCH3 is 1. The van der Waals surface area contributed by atoms with E-state index in [9.17, 15) is 0 Å². The van der Waals surface area contributed by atoms with Gasteiger partial charge in [0.05, 0.1) is 7.11 Å². The van der Waals surface area contributed by atoms with Gasteiger partial charge in [-0.2, -0.15) is 0 Å². The van der Waals surface area contributed by atoms with Crippen LogP contribution in [-0.2, 0) is 4.74 Å². The highest BCUT2D eigenvalue weighted by atomic mass is 35.5. The highest BCUT2D eigenvalue weighted by Crippen LogP contribution is 2.13. The second kappa shape index (κ2) is 20.8. The van der Waals surface area contributed by atoms with Gasteiger partial charge in [0.15, 0.2) is 5.90 Å². The second-order valence-electron chi connectivity index (χ2n) is 6.33. The molecule has 0 aromatic heterocycles. The van der Waals surface area contributed by atoms with E-state index in [0.29, 0.717) is 5.90 Å². The SMILES string of the molecule is CCCCCCCCCCCCCCCCCC(=N)OC.Cl. The van der Waals surface area contributed by atoms with Crippen LogP contribution in [0.15, 0.2) is 0 Å². The van der Waals surface area contributed by atoms with Crippen molar-refractivity contribution in [3.63, 3.8) is 0 Å². The molecule has 2 nitrogen and oxygen atoms in total. The van der Waals surface area contributed by atoms with E-state index >= 15 is 0 Å². The van der Waals surface area contributed by atoms with Crippen molar-refractivity contribution in [3.05, 3.63) is 0 Å². The van der Waals surface area contributed by atoms with Crippen molar-refractivity contribution >= 4 is 18.3 Å². The van der Waals surface area contributed by atoms with Crippen LogP contribution in [0.25, 0.3) is 0 Å². The van der Waals surface area contributed by atoms with Crippen LogP contribution in [0.3, 0.4) is 0 Å². The summed E-state index contributed by atoms with van der Waals surface area (Å²) in [5.41, 5.74) is 0. The Balaban J connectivity index is 0. The zero-order chi connectivity index (χ0) is 15.6. The third kappa shape index (κ3) is 19.8. The lowest BCUT2D eigenvalue weighted by atomic mass is 10.0. The fourth-order valence-corrected chi connectivity index (χ4v) is 2.76. The fourth-order valence-electron chi connectivity index (χ4n) is 2.76. The van der Waals surface area contributed by atoms with Crippen LogP contribution in [0.5, 0.6) is 0 Å². The molecule has 0 aliphatic carbocycles. The van der Waals surface area contributed by atoms with Crippen LogP contribution in [0.1, 0.15) is 110 Å². The molecule has 0 rings (SSSR count). The van der Waals surface area contributed by atoms with E-state index in [1.54, 1.807) is 7.11 Å². The summed E-state index contributed by atoms with van der Waals surface area (Å²) in [6.07, 6.45) is 21.6. The molecule has 22 heavy (non-hydrogen) atoms. The van der Waals surface area contributed by atoms with Crippen molar-refractivity contribution in [1.82, 2.24) is 0 Å². The molecule has 134 valence electrons. The van der Waals surface area contributed by atoms with E-state index in [2.05, 4.69) is 6.92 Å². The van der Waals surface area contributed by atoms with Crippen LogP contribution >= 0.6 is 12.4 Å². The van der Waals surface area contributed by atoms with Crippen molar-refractivity contribution in [2.75, 3.05) is 7.11 Å². The summed E-state index contributed by atoms with van der Waals surface area (Å²) < 4.78 is 4.85. The molecule has 0 bridgehead atoms. The largest absolute Gasteiger partial charge is 0.484 e. The van der Waals surface area contributed by atoms with E-state index in [-0.39, 0.29) is 12.4 Å². The molecule has 0 unspecified atom stereocenters. The Morgan fingerprint density at radius 1 is 0.636 bits per heavy atom. The van der Waals surface area contributed by atoms with Crippen molar-refractivity contribution in [1.29, 1.82) is 5.41 Å². The first-order valence-corrected chi connectivity index (χ1v) is 9.42. The van der Waals surface area contributed by atoms with E-state index in [1.165, 1.54) is 89.9 Å². The Labute approximate surface area is 145 Å². The first kappa shape index (κ1) is 24.0. The first-order valence-electron chi connectivity index (χ1n) is 9.42. The van der Waals surface area contributed by atoms with Crippen LogP contribution in [0, 0.1) is 5.41 Å². The second-order valence-corrected chi connectivity index (χ2v) is 6.33. The van der Waals surface area contributed by atoms with Gasteiger partial charge in [0.25, 0.3) is 0 Å². The van der Waals surface area contributed by atoms with Crippen molar-refractivity contribution in [2.45, 2.75) is 110 Å². The molecule has 0 heterocycles. The zero-order valence-corrected chi connectivity index (χ0v) is 15.9. The number of nitrogens with one attached hydrogen (secondary N) is 1. The standard InChI is InChI=1S/C19H39NO.ClH/c1-3-4-5-6-7-8-9-10-11-12-13-14-15-16-17-18-19(20)21-2;/h20H,3-18H2,1-2H3;1H. The van der Waals surface area contributed by atoms with Crippen molar-refractivity contribution < 1.29 is 4.74 Å². The summed E-state index contributed by atoms with van der Waals surface area (Å²) >= 11 is 0. The van der Waals surface area contributed by atoms with E-state index in [1.807, 2.05) is 0 Å². The summed E-state index contributed by atoms with van der Waals surface area (Å²) in [6.45, 7) is 2.28. The number of hydrogen-bond acceptors (Lipinski definition) is 2. The van der Waals surface area contributed by atoms with E-state index < -0.39 is 0 Å². The Hall–Kier alpha value is -0.240. The first-order chi connectivity index (χ1) is 10.3. The van der Waals surface area contributed by atoms with Gasteiger partial charge in [-0.1, -0.05) is 96.8 Å². The smallest absolute Gasteiger partial charge is 0.180 e. The molecule has 0 aliphatic heterocycles. The molecule has 0 fully saturated rings. The van der Waals surface area contributed by atoms with Gasteiger partial charge in [0, 0.05) is 6.42 Å². The Kier molecular flexibility index (Phi) is 22.7. The molecule has 0 aliphatic rings. The Morgan fingerprint density at radius 2 is 0.955 bits per heavy atom. The molecule has 0 aromatic carbocycles. The van der Waals surface area contributed by atoms with Gasteiger partial charge in [-0.15, -0.1) is 12.4 Å². The molecule has 0 saturated heterocycles. The van der Waals surface area contributed by atoms with Crippen LogP contribution in [0.2, 0.25) is 0 Å². The topological polar surface area (TPSA) is 33.1 Å². The fraction of sp³-hybridized carbons (Fsp3) is 0.947. The number of ether oxygens (including phenoxy) is 1. The highest BCUT2D eigenvalue weighted by Gasteiger charge is 1.96. The van der Waals surface area contributed by atoms with Gasteiger partial charge in [-0.25, -0.2) is 0 Å². The summed E-state index contributed by atoms with van der Waals surface area (Å²) in [4.78, 5) is 0. The van der Waals surface area contributed by atoms with Crippen LogP contribution < -0.4 is 0 Å². The average Bonchev–Trinajstić information content (AvgIpc) is 2.50. The number of rotatable bonds is 16. The maximum atomic E-state index is 7.39. The number of unbranched alkanes of at least 4 members (excludes halogenated alkanes) is 14. The molecule has 0 spiro atoms. The summed E-state index contributed by atoms with van der Waals surface area (Å²) in [7, 11) is 1.59. The molecule has 3 heteroatoms. The molecule has 0 aromatic rings. The van der Waals surface area contributed by atoms with Crippen LogP contribution in [0.4, 0.5) is 0 Å². The van der Waals surface area contributed by atoms with Gasteiger partial charge in [0.2, 0.25) is 0 Å². The summed E-state index contributed by atoms with van der Waals surface area (Å²) in [5, 5.41) is 7.39. The maximum Gasteiger partial charge on any atom is 0.180 e. The molecule has 1 N–H and O–H groups in total. The van der Waals surface area contributed by atoms with Crippen molar-refractivity contribution in [3.8, 4) is 0 Å². The van der Waals surface area contributed by atoms with Gasteiger partial charge >= 0.3 is 0 Å². The summed E-state index contributed by atoms with van der Waals surface area (Å²) in [5.74, 6) is 0.435. The predicted octanol–water partition coefficient (Wildman–Crippen LogP) is 7.29. The quantitative estimate of drug-likeness (QED) is 0.179. The highest BCUT2D eigenvalue weighted by molar-refractivity contribution is 5.85. The molecule has 0 atom stereocenters. The molecule has 0 amide bonds. The normalized spacial score (nSPS) is 10.3. The summed E-state index contributed by atoms with van der Waals surface area (Å²) in [6, 6.07) is 0. The minimum absolute atomic E-state index is 0. The number of halogens is 1. The maximum absolute atomic E-state index is 7.39. The van der Waals surface area contributed by atoms with Gasteiger partial charge in [-0.05, 0) is 6.42 Å². The van der Waals surface area contributed by atoms with Gasteiger partial charge < -0.3 is 4.74 Å². The van der Waals surface area contributed by atoms with Crippen molar-refractivity contribution in [2.24, 2.45) is 0 Å². The van der Waals surface area contributed by atoms with Gasteiger partial charge in [0.1, 0.15) is 0 Å². The average molecular weight is 334 g/mol. The molecule has 0 saturated carbocycles. The van der Waals surface area contributed by atoms with Crippen LogP contribution in [-0.4, -0.2) is 13.0 Å². The number of hydrogen-bond donors (Lipinski definition) is 1. The molecular formula is C19H40ClNO. The van der Waals surface area contributed by atoms with Gasteiger partial charge in [-0.3, -0.25) is 5.41 Å². The monoisotopic (exact) mass is 333 g/mol. The predicted molar refractivity (Wildman–Crippen MR) is 102 cm³/mol. The third-order valence-corrected chi connectivity index (χ3v) is 4.25. The lowest BCUT2D eigenvalue weighted by Gasteiger charge is -2.04. The molecular weight excluding hydrogens is 294 g/mol. The Morgan fingerprint density at radius 3 is 1.27 bits per heavy atom. The minimum Gasteiger partial charge on any atom is -0.484 e. The third-order valence-electron chi connectivity index (χ3n) is 4.25. The van der Waals surface area contributed by atoms with E-state index in [0.717, 1.165) is 12.8 Å². The minimum atomic E-state index is 0. The molecule has 0 radical (unpaired) electrons. The zero-order valence-electron chi connectivity index (χ0n) is 15.1. The Bertz CT molecular complexity index is 221. The lowest BCUT2D eigenvalue weighted by molar-refractivity contribution is 0.382. The lowest BCUT2D eigenvalue weighted by Crippen LogP contribution is -1.97. The van der Waals surface area contributed by atoms with E-state index in [4.69, 9.17) is 10.1 Å².